The molecular formula is C27H24N2O5. The SMILES string of the molecule is CN(Cc1ccc2c(c1)OCCO2)C(=O)C(Cc1ccccc1)N1C(=O)c2ccccc2C1=O. The molecular weight excluding hydrogens is 432 g/mol. The minimum absolute atomic E-state index is 0.233. The van der Waals surface area contributed by atoms with Gasteiger partial charge in [0, 0.05) is 20.0 Å². The summed E-state index contributed by atoms with van der Waals surface area (Å²) in [6, 6.07) is 20.7. The predicted molar refractivity (Wildman–Crippen MR) is 125 cm³/mol. The van der Waals surface area contributed by atoms with Crippen LogP contribution in [0, 0.1) is 0 Å². The first-order valence-corrected chi connectivity index (χ1v) is 11.2. The van der Waals surface area contributed by atoms with Gasteiger partial charge in [0.25, 0.3) is 11.8 Å². The number of ether oxygens (including phenoxy) is 2. The van der Waals surface area contributed by atoms with Crippen molar-refractivity contribution < 1.29 is 23.9 Å². The largest absolute Gasteiger partial charge is 0.486 e. The van der Waals surface area contributed by atoms with Crippen LogP contribution >= 0.6 is 0 Å². The van der Waals surface area contributed by atoms with Crippen molar-refractivity contribution in [2.45, 2.75) is 19.0 Å². The maximum absolute atomic E-state index is 13.7. The highest BCUT2D eigenvalue weighted by atomic mass is 16.6. The number of carbonyl (C=O) groups excluding carboxylic acids is 3. The molecule has 0 spiro atoms. The Kier molecular flexibility index (Phi) is 5.76. The standard InChI is InChI=1S/C27H24N2O5/c1-28(17-19-11-12-23-24(16-19)34-14-13-33-23)27(32)22(15-18-7-3-2-4-8-18)29-25(30)20-9-5-6-10-21(20)26(29)31/h2-12,16,22H,13-15,17H2,1H3. The number of benzene rings is 3. The van der Waals surface area contributed by atoms with Gasteiger partial charge in [-0.25, -0.2) is 0 Å². The van der Waals surface area contributed by atoms with Crippen LogP contribution < -0.4 is 9.47 Å². The number of fused-ring (bicyclic) bond motifs is 2. The smallest absolute Gasteiger partial charge is 0.262 e. The van der Waals surface area contributed by atoms with Gasteiger partial charge in [0.05, 0.1) is 11.1 Å². The van der Waals surface area contributed by atoms with E-state index < -0.39 is 17.9 Å². The highest BCUT2D eigenvalue weighted by Gasteiger charge is 2.43. The molecule has 0 saturated carbocycles. The first-order valence-electron chi connectivity index (χ1n) is 11.2. The second kappa shape index (κ2) is 9.02. The number of imide groups is 1. The van der Waals surface area contributed by atoms with Crippen molar-refractivity contribution in [3.63, 3.8) is 0 Å². The molecule has 172 valence electrons. The van der Waals surface area contributed by atoms with E-state index in [1.165, 1.54) is 0 Å². The van der Waals surface area contributed by atoms with Crippen LogP contribution in [0.1, 0.15) is 31.8 Å². The molecule has 7 heteroatoms. The van der Waals surface area contributed by atoms with E-state index in [0.29, 0.717) is 42.4 Å². The average molecular weight is 456 g/mol. The first kappa shape index (κ1) is 21.7. The molecule has 1 unspecified atom stereocenters. The Labute approximate surface area is 197 Å². The van der Waals surface area contributed by atoms with Crippen LogP contribution in [0.5, 0.6) is 11.5 Å². The second-order valence-corrected chi connectivity index (χ2v) is 8.40. The highest BCUT2D eigenvalue weighted by molar-refractivity contribution is 6.22. The molecule has 3 aromatic carbocycles. The van der Waals surface area contributed by atoms with Gasteiger partial charge < -0.3 is 14.4 Å². The fourth-order valence-corrected chi connectivity index (χ4v) is 4.41. The van der Waals surface area contributed by atoms with E-state index in [-0.39, 0.29) is 12.3 Å². The Bertz CT molecular complexity index is 1220. The highest BCUT2D eigenvalue weighted by Crippen LogP contribution is 2.31. The van der Waals surface area contributed by atoms with Crippen LogP contribution in [0.15, 0.2) is 72.8 Å². The first-order chi connectivity index (χ1) is 16.5. The molecule has 0 N–H and O–H groups in total. The number of amides is 3. The third-order valence-corrected chi connectivity index (χ3v) is 6.10. The van der Waals surface area contributed by atoms with Crippen molar-refractivity contribution in [2.24, 2.45) is 0 Å². The summed E-state index contributed by atoms with van der Waals surface area (Å²) in [6.07, 6.45) is 0.233. The summed E-state index contributed by atoms with van der Waals surface area (Å²) in [7, 11) is 1.68. The van der Waals surface area contributed by atoms with Gasteiger partial charge in [0.1, 0.15) is 19.3 Å². The van der Waals surface area contributed by atoms with Crippen molar-refractivity contribution in [1.82, 2.24) is 9.80 Å². The molecule has 1 atom stereocenters. The summed E-state index contributed by atoms with van der Waals surface area (Å²) in [5, 5.41) is 0. The van der Waals surface area contributed by atoms with Gasteiger partial charge in [-0.1, -0.05) is 48.5 Å². The fraction of sp³-hybridized carbons (Fsp3) is 0.222. The van der Waals surface area contributed by atoms with Gasteiger partial charge in [-0.05, 0) is 35.4 Å². The maximum atomic E-state index is 13.7. The van der Waals surface area contributed by atoms with E-state index in [1.807, 2.05) is 48.5 Å². The summed E-state index contributed by atoms with van der Waals surface area (Å²) >= 11 is 0. The zero-order valence-corrected chi connectivity index (χ0v) is 18.8. The molecule has 0 bridgehead atoms. The quantitative estimate of drug-likeness (QED) is 0.532. The maximum Gasteiger partial charge on any atom is 0.262 e. The summed E-state index contributed by atoms with van der Waals surface area (Å²) in [5.41, 5.74) is 2.38. The van der Waals surface area contributed by atoms with Crippen molar-refractivity contribution in [2.75, 3.05) is 20.3 Å². The van der Waals surface area contributed by atoms with Crippen molar-refractivity contribution in [3.05, 3.63) is 95.1 Å². The lowest BCUT2D eigenvalue weighted by molar-refractivity contribution is -0.134. The molecule has 3 aromatic rings. The second-order valence-electron chi connectivity index (χ2n) is 8.40. The third kappa shape index (κ3) is 4.01. The average Bonchev–Trinajstić information content (AvgIpc) is 3.12. The van der Waals surface area contributed by atoms with E-state index >= 15 is 0 Å². The van der Waals surface area contributed by atoms with E-state index in [4.69, 9.17) is 9.47 Å². The summed E-state index contributed by atoms with van der Waals surface area (Å²) in [6.45, 7) is 1.28. The number of carbonyl (C=O) groups is 3. The summed E-state index contributed by atoms with van der Waals surface area (Å²) in [4.78, 5) is 42.7. The van der Waals surface area contributed by atoms with Crippen LogP contribution in [0.25, 0.3) is 0 Å². The van der Waals surface area contributed by atoms with Gasteiger partial charge in [0.2, 0.25) is 5.91 Å². The Morgan fingerprint density at radius 3 is 2.15 bits per heavy atom. The molecule has 0 aliphatic carbocycles. The molecule has 2 aliphatic heterocycles. The molecule has 0 radical (unpaired) electrons. The molecule has 0 fully saturated rings. The third-order valence-electron chi connectivity index (χ3n) is 6.10. The number of likely N-dealkylation sites (N-methyl/N-ethyl adjacent to an activating group) is 1. The Balaban J connectivity index is 1.42. The minimum Gasteiger partial charge on any atom is -0.486 e. The van der Waals surface area contributed by atoms with Crippen LogP contribution in [-0.2, 0) is 17.8 Å². The van der Waals surface area contributed by atoms with E-state index in [2.05, 4.69) is 0 Å². The Morgan fingerprint density at radius 2 is 1.47 bits per heavy atom. The number of rotatable bonds is 6. The molecule has 5 rings (SSSR count). The number of hydrogen-bond donors (Lipinski definition) is 0. The summed E-state index contributed by atoms with van der Waals surface area (Å²) < 4.78 is 11.2. The zero-order valence-electron chi connectivity index (χ0n) is 18.8. The molecule has 0 saturated heterocycles. The zero-order chi connectivity index (χ0) is 23.7. The number of nitrogens with zero attached hydrogens (tertiary/aromatic N) is 2. The fourth-order valence-electron chi connectivity index (χ4n) is 4.41. The van der Waals surface area contributed by atoms with Crippen LogP contribution in [0.4, 0.5) is 0 Å². The van der Waals surface area contributed by atoms with Crippen molar-refractivity contribution >= 4 is 17.7 Å². The number of hydrogen-bond acceptors (Lipinski definition) is 5. The molecule has 0 aromatic heterocycles. The lowest BCUT2D eigenvalue weighted by Gasteiger charge is -2.30. The normalized spacial score (nSPS) is 15.1. The lowest BCUT2D eigenvalue weighted by Crippen LogP contribution is -2.51. The van der Waals surface area contributed by atoms with Crippen LogP contribution in [-0.4, -0.2) is 53.8 Å². The van der Waals surface area contributed by atoms with Crippen LogP contribution in [0.2, 0.25) is 0 Å². The van der Waals surface area contributed by atoms with Crippen molar-refractivity contribution in [3.8, 4) is 11.5 Å². The van der Waals surface area contributed by atoms with Gasteiger partial charge in [-0.2, -0.15) is 0 Å². The van der Waals surface area contributed by atoms with E-state index in [0.717, 1.165) is 16.0 Å². The lowest BCUT2D eigenvalue weighted by atomic mass is 10.0. The Hall–Kier alpha value is -4.13. The van der Waals surface area contributed by atoms with Crippen molar-refractivity contribution in [1.29, 1.82) is 0 Å². The molecule has 34 heavy (non-hydrogen) atoms. The van der Waals surface area contributed by atoms with Crippen LogP contribution in [0.3, 0.4) is 0 Å². The monoisotopic (exact) mass is 456 g/mol. The molecule has 7 nitrogen and oxygen atoms in total. The van der Waals surface area contributed by atoms with Gasteiger partial charge in [0.15, 0.2) is 11.5 Å². The molecule has 3 amide bonds. The predicted octanol–water partition coefficient (Wildman–Crippen LogP) is 3.32. The minimum atomic E-state index is -0.961. The van der Waals surface area contributed by atoms with Gasteiger partial charge in [-0.3, -0.25) is 19.3 Å². The Morgan fingerprint density at radius 1 is 0.853 bits per heavy atom. The summed E-state index contributed by atoms with van der Waals surface area (Å²) in [5.74, 6) is 0.126. The topological polar surface area (TPSA) is 76.2 Å². The van der Waals surface area contributed by atoms with E-state index in [1.54, 1.807) is 36.2 Å². The molecule has 2 heterocycles. The van der Waals surface area contributed by atoms with E-state index in [9.17, 15) is 14.4 Å². The van der Waals surface area contributed by atoms with Gasteiger partial charge in [-0.15, -0.1) is 0 Å². The van der Waals surface area contributed by atoms with Gasteiger partial charge >= 0.3 is 0 Å². The molecule has 2 aliphatic rings.